The maximum absolute atomic E-state index is 11.2. The quantitative estimate of drug-likeness (QED) is 0.560. The van der Waals surface area contributed by atoms with Gasteiger partial charge in [-0.2, -0.15) is 11.8 Å². The van der Waals surface area contributed by atoms with E-state index in [0.717, 1.165) is 5.75 Å². The minimum Gasteiger partial charge on any atom is -0.390 e. The SMILES string of the molecule is CSCCC(=O)N[C@@H]1CNC[C@@H]1O. The maximum Gasteiger partial charge on any atom is 0.221 e. The molecule has 5 heteroatoms. The van der Waals surface area contributed by atoms with Crippen LogP contribution in [-0.2, 0) is 4.79 Å². The molecule has 13 heavy (non-hydrogen) atoms. The average Bonchev–Trinajstić information content (AvgIpc) is 2.48. The third-order valence-corrected chi connectivity index (χ3v) is 2.67. The molecule has 2 atom stereocenters. The molecule has 1 aliphatic heterocycles. The third kappa shape index (κ3) is 3.54. The van der Waals surface area contributed by atoms with Crippen molar-refractivity contribution in [3.63, 3.8) is 0 Å². The molecule has 0 aromatic carbocycles. The van der Waals surface area contributed by atoms with Gasteiger partial charge in [-0.05, 0) is 6.26 Å². The number of nitrogens with one attached hydrogen (secondary N) is 2. The first-order valence-corrected chi connectivity index (χ1v) is 5.80. The Hall–Kier alpha value is -0.260. The number of amides is 1. The van der Waals surface area contributed by atoms with Crippen LogP contribution in [0, 0.1) is 0 Å². The van der Waals surface area contributed by atoms with E-state index in [1.807, 2.05) is 6.26 Å². The van der Waals surface area contributed by atoms with E-state index in [9.17, 15) is 9.90 Å². The fourth-order valence-electron chi connectivity index (χ4n) is 1.29. The second-order valence-electron chi connectivity index (χ2n) is 3.14. The molecule has 1 heterocycles. The number of aliphatic hydroxyl groups excluding tert-OH is 1. The van der Waals surface area contributed by atoms with Crippen LogP contribution in [0.2, 0.25) is 0 Å². The Morgan fingerprint density at radius 3 is 3.00 bits per heavy atom. The first-order chi connectivity index (χ1) is 6.24. The number of carbonyl (C=O) groups excluding carboxylic acids is 1. The zero-order valence-electron chi connectivity index (χ0n) is 7.75. The van der Waals surface area contributed by atoms with Crippen LogP contribution in [0.5, 0.6) is 0 Å². The van der Waals surface area contributed by atoms with E-state index in [2.05, 4.69) is 10.6 Å². The van der Waals surface area contributed by atoms with Crippen molar-refractivity contribution >= 4 is 17.7 Å². The van der Waals surface area contributed by atoms with Gasteiger partial charge in [-0.1, -0.05) is 0 Å². The third-order valence-electron chi connectivity index (χ3n) is 2.06. The number of hydrogen-bond acceptors (Lipinski definition) is 4. The molecule has 0 aromatic rings. The monoisotopic (exact) mass is 204 g/mol. The normalized spacial score (nSPS) is 27.5. The minimum absolute atomic E-state index is 0.0297. The van der Waals surface area contributed by atoms with E-state index in [4.69, 9.17) is 0 Å². The van der Waals surface area contributed by atoms with Crippen molar-refractivity contribution in [1.82, 2.24) is 10.6 Å². The van der Waals surface area contributed by atoms with Crippen molar-refractivity contribution in [2.24, 2.45) is 0 Å². The van der Waals surface area contributed by atoms with Crippen molar-refractivity contribution in [3.05, 3.63) is 0 Å². The Labute approximate surface area is 82.5 Å². The van der Waals surface area contributed by atoms with E-state index >= 15 is 0 Å². The van der Waals surface area contributed by atoms with Crippen molar-refractivity contribution < 1.29 is 9.90 Å². The summed E-state index contributed by atoms with van der Waals surface area (Å²) in [5.41, 5.74) is 0. The molecule has 0 unspecified atom stereocenters. The molecule has 1 rings (SSSR count). The highest BCUT2D eigenvalue weighted by atomic mass is 32.2. The number of hydrogen-bond donors (Lipinski definition) is 3. The van der Waals surface area contributed by atoms with Crippen LogP contribution in [0.15, 0.2) is 0 Å². The molecule has 4 nitrogen and oxygen atoms in total. The summed E-state index contributed by atoms with van der Waals surface area (Å²) in [6, 6.07) is -0.102. The molecule has 1 fully saturated rings. The van der Waals surface area contributed by atoms with Gasteiger partial charge in [0.25, 0.3) is 0 Å². The van der Waals surface area contributed by atoms with E-state index in [-0.39, 0.29) is 11.9 Å². The Kier molecular flexibility index (Phi) is 4.55. The summed E-state index contributed by atoms with van der Waals surface area (Å²) >= 11 is 1.65. The average molecular weight is 204 g/mol. The van der Waals surface area contributed by atoms with Crippen LogP contribution in [0.25, 0.3) is 0 Å². The van der Waals surface area contributed by atoms with Gasteiger partial charge in [0.2, 0.25) is 5.91 Å². The lowest BCUT2D eigenvalue weighted by Gasteiger charge is -2.14. The lowest BCUT2D eigenvalue weighted by Crippen LogP contribution is -2.42. The Morgan fingerprint density at radius 1 is 1.69 bits per heavy atom. The minimum atomic E-state index is -0.432. The smallest absolute Gasteiger partial charge is 0.221 e. The van der Waals surface area contributed by atoms with E-state index in [1.165, 1.54) is 0 Å². The Balaban J connectivity index is 2.19. The summed E-state index contributed by atoms with van der Waals surface area (Å²) in [7, 11) is 0. The predicted octanol–water partition coefficient (Wildman–Crippen LogP) is -0.812. The lowest BCUT2D eigenvalue weighted by atomic mass is 10.2. The molecule has 0 saturated carbocycles. The zero-order chi connectivity index (χ0) is 9.68. The standard InChI is InChI=1S/C8H16N2O2S/c1-13-3-2-8(12)10-6-4-9-5-7(6)11/h6-7,9,11H,2-5H2,1H3,(H,10,12)/t6-,7+/m1/s1. The van der Waals surface area contributed by atoms with Crippen molar-refractivity contribution in [2.75, 3.05) is 25.1 Å². The first kappa shape index (κ1) is 10.8. The van der Waals surface area contributed by atoms with Crippen LogP contribution in [0.1, 0.15) is 6.42 Å². The lowest BCUT2D eigenvalue weighted by molar-refractivity contribution is -0.121. The molecule has 0 aliphatic carbocycles. The molecule has 1 aliphatic rings. The fraction of sp³-hybridized carbons (Fsp3) is 0.875. The van der Waals surface area contributed by atoms with Gasteiger partial charge >= 0.3 is 0 Å². The topological polar surface area (TPSA) is 61.4 Å². The number of rotatable bonds is 4. The van der Waals surface area contributed by atoms with E-state index < -0.39 is 6.10 Å². The highest BCUT2D eigenvalue weighted by Crippen LogP contribution is 2.01. The van der Waals surface area contributed by atoms with Gasteiger partial charge < -0.3 is 15.7 Å². The van der Waals surface area contributed by atoms with Crippen molar-refractivity contribution in [3.8, 4) is 0 Å². The molecule has 0 bridgehead atoms. The molecule has 0 spiro atoms. The molecule has 76 valence electrons. The summed E-state index contributed by atoms with van der Waals surface area (Å²) in [5.74, 6) is 0.865. The molecular weight excluding hydrogens is 188 g/mol. The summed E-state index contributed by atoms with van der Waals surface area (Å²) in [5, 5.41) is 15.2. The number of carbonyl (C=O) groups is 1. The molecule has 3 N–H and O–H groups in total. The van der Waals surface area contributed by atoms with Gasteiger partial charge in [0.05, 0.1) is 12.1 Å². The molecule has 0 radical (unpaired) electrons. The summed E-state index contributed by atoms with van der Waals surface area (Å²) in [6.07, 6.45) is 2.07. The zero-order valence-corrected chi connectivity index (χ0v) is 8.56. The molecule has 0 aromatic heterocycles. The summed E-state index contributed by atoms with van der Waals surface area (Å²) in [6.45, 7) is 1.25. The van der Waals surface area contributed by atoms with Gasteiger partial charge in [-0.15, -0.1) is 0 Å². The molecular formula is C8H16N2O2S. The largest absolute Gasteiger partial charge is 0.390 e. The summed E-state index contributed by atoms with van der Waals surface area (Å²) in [4.78, 5) is 11.2. The second-order valence-corrected chi connectivity index (χ2v) is 4.13. The second kappa shape index (κ2) is 5.47. The fourth-order valence-corrected chi connectivity index (χ4v) is 1.68. The molecule has 1 amide bonds. The van der Waals surface area contributed by atoms with Gasteiger partial charge in [-0.25, -0.2) is 0 Å². The van der Waals surface area contributed by atoms with E-state index in [1.54, 1.807) is 11.8 Å². The number of β-amino-alcohol motifs (C(OH)–C–C–N with tert-alkyl or cyclic N) is 1. The maximum atomic E-state index is 11.2. The van der Waals surface area contributed by atoms with Gasteiger partial charge in [0, 0.05) is 25.3 Å². The van der Waals surface area contributed by atoms with Crippen molar-refractivity contribution in [2.45, 2.75) is 18.6 Å². The highest BCUT2D eigenvalue weighted by Gasteiger charge is 2.25. The Bertz CT molecular complexity index is 178. The van der Waals surface area contributed by atoms with Gasteiger partial charge in [0.1, 0.15) is 0 Å². The first-order valence-electron chi connectivity index (χ1n) is 4.41. The summed E-state index contributed by atoms with van der Waals surface area (Å²) < 4.78 is 0. The van der Waals surface area contributed by atoms with Crippen LogP contribution in [0.4, 0.5) is 0 Å². The Morgan fingerprint density at radius 2 is 2.46 bits per heavy atom. The van der Waals surface area contributed by atoms with Crippen LogP contribution in [-0.4, -0.2) is 48.3 Å². The van der Waals surface area contributed by atoms with Gasteiger partial charge in [0.15, 0.2) is 0 Å². The number of aliphatic hydroxyl groups is 1. The van der Waals surface area contributed by atoms with Gasteiger partial charge in [-0.3, -0.25) is 4.79 Å². The number of thioether (sulfide) groups is 1. The predicted molar refractivity (Wildman–Crippen MR) is 53.8 cm³/mol. The van der Waals surface area contributed by atoms with Crippen LogP contribution < -0.4 is 10.6 Å². The molecule has 1 saturated heterocycles. The van der Waals surface area contributed by atoms with E-state index in [0.29, 0.717) is 19.5 Å². The van der Waals surface area contributed by atoms with Crippen molar-refractivity contribution in [1.29, 1.82) is 0 Å². The van der Waals surface area contributed by atoms with Crippen LogP contribution >= 0.6 is 11.8 Å². The van der Waals surface area contributed by atoms with Crippen LogP contribution in [0.3, 0.4) is 0 Å². The highest BCUT2D eigenvalue weighted by molar-refractivity contribution is 7.98.